The molecule has 0 bridgehead atoms. The number of ketones is 1. The van der Waals surface area contributed by atoms with Crippen LogP contribution in [0.4, 0.5) is 0 Å². The number of carbonyl (C=O) groups excluding carboxylic acids is 1. The Morgan fingerprint density at radius 2 is 2.05 bits per heavy atom. The zero-order valence-corrected chi connectivity index (χ0v) is 11.8. The molecule has 1 aliphatic carbocycles. The Labute approximate surface area is 119 Å². The molecule has 20 heavy (non-hydrogen) atoms. The first-order chi connectivity index (χ1) is 9.69. The lowest BCUT2D eigenvalue weighted by atomic mass is 9.74. The third-order valence-corrected chi connectivity index (χ3v) is 4.11. The number of fused-ring (bicyclic) bond motifs is 1. The van der Waals surface area contributed by atoms with Crippen LogP contribution in [-0.4, -0.2) is 12.9 Å². The van der Waals surface area contributed by atoms with Crippen molar-refractivity contribution < 1.29 is 9.53 Å². The van der Waals surface area contributed by atoms with Crippen molar-refractivity contribution >= 4 is 5.78 Å². The summed E-state index contributed by atoms with van der Waals surface area (Å²) in [4.78, 5) is 12.4. The molecule has 0 heterocycles. The van der Waals surface area contributed by atoms with Crippen molar-refractivity contribution in [3.05, 3.63) is 64.7 Å². The number of rotatable bonds is 4. The summed E-state index contributed by atoms with van der Waals surface area (Å²) in [5.74, 6) is 1.44. The molecular weight excluding hydrogens is 248 g/mol. The van der Waals surface area contributed by atoms with E-state index in [1.807, 2.05) is 31.2 Å². The van der Waals surface area contributed by atoms with Crippen LogP contribution in [-0.2, 0) is 6.42 Å². The minimum Gasteiger partial charge on any atom is -0.496 e. The van der Waals surface area contributed by atoms with Gasteiger partial charge in [0.1, 0.15) is 5.75 Å². The van der Waals surface area contributed by atoms with Crippen LogP contribution in [0.25, 0.3) is 0 Å². The van der Waals surface area contributed by atoms with E-state index in [1.54, 1.807) is 7.11 Å². The maximum Gasteiger partial charge on any atom is 0.163 e. The van der Waals surface area contributed by atoms with E-state index in [2.05, 4.69) is 18.2 Å². The van der Waals surface area contributed by atoms with E-state index < -0.39 is 0 Å². The maximum absolute atomic E-state index is 12.4. The number of hydrogen-bond acceptors (Lipinski definition) is 2. The maximum atomic E-state index is 12.4. The van der Waals surface area contributed by atoms with E-state index in [0.717, 1.165) is 23.3 Å². The summed E-state index contributed by atoms with van der Waals surface area (Å²) in [6.45, 7) is 1.97. The molecule has 3 rings (SSSR count). The highest BCUT2D eigenvalue weighted by atomic mass is 16.5. The number of methoxy groups -OCH3 is 1. The number of aryl methyl sites for hydroxylation is 1. The number of Topliss-reactive ketones (excluding diaryl/α,β-unsaturated/α-hetero) is 1. The standard InChI is InChI=1S/C18H18O2/c1-12-9-14(7-8-18(12)20-2)17(19)11-15-10-13-5-3-4-6-16(13)15/h3-9,15H,10-11H2,1-2H3. The molecule has 0 spiro atoms. The summed E-state index contributed by atoms with van der Waals surface area (Å²) < 4.78 is 5.23. The Bertz CT molecular complexity index is 658. The van der Waals surface area contributed by atoms with Gasteiger partial charge in [-0.2, -0.15) is 0 Å². The highest BCUT2D eigenvalue weighted by Crippen LogP contribution is 2.38. The van der Waals surface area contributed by atoms with Gasteiger partial charge in [0.05, 0.1) is 7.11 Å². The van der Waals surface area contributed by atoms with Crippen molar-refractivity contribution in [1.29, 1.82) is 0 Å². The van der Waals surface area contributed by atoms with Crippen LogP contribution in [0.1, 0.15) is 39.4 Å². The average molecular weight is 266 g/mol. The van der Waals surface area contributed by atoms with Crippen molar-refractivity contribution in [3.63, 3.8) is 0 Å². The van der Waals surface area contributed by atoms with Gasteiger partial charge in [0, 0.05) is 12.0 Å². The van der Waals surface area contributed by atoms with Crippen LogP contribution < -0.4 is 4.74 Å². The minimum absolute atomic E-state index is 0.218. The van der Waals surface area contributed by atoms with Crippen molar-refractivity contribution in [2.75, 3.05) is 7.11 Å². The predicted octanol–water partition coefficient (Wildman–Crippen LogP) is 3.92. The third kappa shape index (κ3) is 2.22. The van der Waals surface area contributed by atoms with E-state index in [9.17, 15) is 4.79 Å². The van der Waals surface area contributed by atoms with Crippen LogP contribution in [0.2, 0.25) is 0 Å². The smallest absolute Gasteiger partial charge is 0.163 e. The second-order valence-electron chi connectivity index (χ2n) is 5.41. The van der Waals surface area contributed by atoms with E-state index in [1.165, 1.54) is 11.1 Å². The lowest BCUT2D eigenvalue weighted by Crippen LogP contribution is -2.20. The van der Waals surface area contributed by atoms with Gasteiger partial charge in [-0.3, -0.25) is 4.79 Å². The van der Waals surface area contributed by atoms with Gasteiger partial charge in [0.25, 0.3) is 0 Å². The zero-order chi connectivity index (χ0) is 14.1. The molecule has 1 atom stereocenters. The molecule has 0 amide bonds. The van der Waals surface area contributed by atoms with Crippen molar-refractivity contribution in [3.8, 4) is 5.75 Å². The fourth-order valence-electron chi connectivity index (χ4n) is 2.94. The van der Waals surface area contributed by atoms with Gasteiger partial charge < -0.3 is 4.74 Å². The molecule has 1 aliphatic rings. The van der Waals surface area contributed by atoms with Crippen molar-refractivity contribution in [2.45, 2.75) is 25.7 Å². The molecule has 102 valence electrons. The Hall–Kier alpha value is -2.09. The summed E-state index contributed by atoms with van der Waals surface area (Å²) in [5.41, 5.74) is 4.52. The van der Waals surface area contributed by atoms with Crippen LogP contribution >= 0.6 is 0 Å². The van der Waals surface area contributed by atoms with Crippen LogP contribution in [0, 0.1) is 6.92 Å². The van der Waals surface area contributed by atoms with Gasteiger partial charge in [-0.1, -0.05) is 24.3 Å². The van der Waals surface area contributed by atoms with E-state index in [4.69, 9.17) is 4.74 Å². The molecule has 2 aromatic rings. The van der Waals surface area contributed by atoms with E-state index in [-0.39, 0.29) is 5.78 Å². The van der Waals surface area contributed by atoms with Crippen molar-refractivity contribution in [2.24, 2.45) is 0 Å². The van der Waals surface area contributed by atoms with Gasteiger partial charge in [-0.05, 0) is 54.2 Å². The van der Waals surface area contributed by atoms with Gasteiger partial charge in [0.2, 0.25) is 0 Å². The van der Waals surface area contributed by atoms with E-state index in [0.29, 0.717) is 12.3 Å². The molecule has 2 nitrogen and oxygen atoms in total. The summed E-state index contributed by atoms with van der Waals surface area (Å²) in [7, 11) is 1.65. The van der Waals surface area contributed by atoms with Crippen LogP contribution in [0.5, 0.6) is 5.75 Å². The molecular formula is C18H18O2. The molecule has 0 saturated carbocycles. The summed E-state index contributed by atoms with van der Waals surface area (Å²) in [6, 6.07) is 14.0. The van der Waals surface area contributed by atoms with Crippen LogP contribution in [0.15, 0.2) is 42.5 Å². The summed E-state index contributed by atoms with van der Waals surface area (Å²) in [6.07, 6.45) is 1.62. The second kappa shape index (κ2) is 5.12. The zero-order valence-electron chi connectivity index (χ0n) is 11.8. The molecule has 0 aliphatic heterocycles. The normalized spacial score (nSPS) is 16.2. The van der Waals surface area contributed by atoms with Gasteiger partial charge in [-0.25, -0.2) is 0 Å². The molecule has 2 aromatic carbocycles. The first-order valence-electron chi connectivity index (χ1n) is 6.94. The molecule has 2 heteroatoms. The lowest BCUT2D eigenvalue weighted by Gasteiger charge is -2.29. The summed E-state index contributed by atoms with van der Waals surface area (Å²) >= 11 is 0. The fraction of sp³-hybridized carbons (Fsp3) is 0.278. The van der Waals surface area contributed by atoms with Crippen LogP contribution in [0.3, 0.4) is 0 Å². The number of carbonyl (C=O) groups is 1. The minimum atomic E-state index is 0.218. The SMILES string of the molecule is COc1ccc(C(=O)CC2Cc3ccccc32)cc1C. The topological polar surface area (TPSA) is 26.3 Å². The molecule has 0 aromatic heterocycles. The molecule has 0 fully saturated rings. The first kappa shape index (κ1) is 12.9. The fourth-order valence-corrected chi connectivity index (χ4v) is 2.94. The largest absolute Gasteiger partial charge is 0.496 e. The number of benzene rings is 2. The third-order valence-electron chi connectivity index (χ3n) is 4.11. The molecule has 0 N–H and O–H groups in total. The van der Waals surface area contributed by atoms with Gasteiger partial charge in [0.15, 0.2) is 5.78 Å². The Morgan fingerprint density at radius 3 is 2.75 bits per heavy atom. The monoisotopic (exact) mass is 266 g/mol. The number of ether oxygens (including phenoxy) is 1. The molecule has 0 saturated heterocycles. The highest BCUT2D eigenvalue weighted by molar-refractivity contribution is 5.97. The molecule has 1 unspecified atom stereocenters. The van der Waals surface area contributed by atoms with Gasteiger partial charge >= 0.3 is 0 Å². The number of hydrogen-bond donors (Lipinski definition) is 0. The predicted molar refractivity (Wildman–Crippen MR) is 79.6 cm³/mol. The second-order valence-corrected chi connectivity index (χ2v) is 5.41. The van der Waals surface area contributed by atoms with Crippen molar-refractivity contribution in [1.82, 2.24) is 0 Å². The summed E-state index contributed by atoms with van der Waals surface area (Å²) in [5, 5.41) is 0. The molecule has 0 radical (unpaired) electrons. The quantitative estimate of drug-likeness (QED) is 0.784. The lowest BCUT2D eigenvalue weighted by molar-refractivity contribution is 0.0970. The average Bonchev–Trinajstić information content (AvgIpc) is 2.44. The van der Waals surface area contributed by atoms with Gasteiger partial charge in [-0.15, -0.1) is 0 Å². The Balaban J connectivity index is 1.73. The Kier molecular flexibility index (Phi) is 3.31. The Morgan fingerprint density at radius 1 is 1.25 bits per heavy atom. The van der Waals surface area contributed by atoms with E-state index >= 15 is 0 Å². The first-order valence-corrected chi connectivity index (χ1v) is 6.94. The highest BCUT2D eigenvalue weighted by Gasteiger charge is 2.27.